The Morgan fingerprint density at radius 3 is 2.42 bits per heavy atom. The number of nitrogens with one attached hydrogen (secondary N) is 2. The van der Waals surface area contributed by atoms with E-state index in [4.69, 9.17) is 0 Å². The van der Waals surface area contributed by atoms with Crippen LogP contribution in [0.5, 0.6) is 0 Å². The molecule has 0 aromatic rings. The summed E-state index contributed by atoms with van der Waals surface area (Å²) in [6, 6.07) is 0.529. The smallest absolute Gasteiger partial charge is 0.209 e. The van der Waals surface area contributed by atoms with Crippen molar-refractivity contribution < 1.29 is 8.42 Å². The molecule has 0 aromatic carbocycles. The highest BCUT2D eigenvalue weighted by Crippen LogP contribution is 2.30. The predicted octanol–water partition coefficient (Wildman–Crippen LogP) is 2.12. The van der Waals surface area contributed by atoms with Crippen molar-refractivity contribution in [3.05, 3.63) is 0 Å². The molecule has 1 aliphatic carbocycles. The zero-order valence-electron chi connectivity index (χ0n) is 13.0. The summed E-state index contributed by atoms with van der Waals surface area (Å²) in [5.74, 6) is 1.55. The Morgan fingerprint density at radius 2 is 1.89 bits per heavy atom. The van der Waals surface area contributed by atoms with Crippen LogP contribution in [0.4, 0.5) is 0 Å². The van der Waals surface area contributed by atoms with Crippen LogP contribution in [0.1, 0.15) is 53.4 Å². The maximum absolute atomic E-state index is 11.3. The summed E-state index contributed by atoms with van der Waals surface area (Å²) < 4.78 is 25.3. The van der Waals surface area contributed by atoms with E-state index in [1.807, 2.05) is 13.8 Å². The lowest BCUT2D eigenvalue weighted by molar-refractivity contribution is 0.223. The molecule has 0 aliphatic heterocycles. The van der Waals surface area contributed by atoms with Gasteiger partial charge in [-0.15, -0.1) is 0 Å². The molecule has 0 spiro atoms. The van der Waals surface area contributed by atoms with E-state index in [9.17, 15) is 8.42 Å². The largest absolute Gasteiger partial charge is 0.312 e. The van der Waals surface area contributed by atoms with Crippen LogP contribution in [0.25, 0.3) is 0 Å². The lowest BCUT2D eigenvalue weighted by atomic mass is 9.79. The second-order valence-electron chi connectivity index (χ2n) is 7.01. The summed E-state index contributed by atoms with van der Waals surface area (Å²) in [7, 11) is -3.15. The molecule has 5 heteroatoms. The molecule has 1 aliphatic rings. The molecule has 0 bridgehead atoms. The minimum Gasteiger partial charge on any atom is -0.312 e. The Labute approximate surface area is 118 Å². The average Bonchev–Trinajstić information content (AvgIpc) is 2.24. The van der Waals surface area contributed by atoms with Crippen molar-refractivity contribution in [2.45, 2.75) is 65.0 Å². The normalized spacial score (nSPS) is 25.8. The van der Waals surface area contributed by atoms with Crippen molar-refractivity contribution in [3.63, 3.8) is 0 Å². The van der Waals surface area contributed by atoms with Gasteiger partial charge < -0.3 is 5.32 Å². The first-order chi connectivity index (χ1) is 8.59. The fourth-order valence-corrected chi connectivity index (χ4v) is 4.03. The van der Waals surface area contributed by atoms with Gasteiger partial charge >= 0.3 is 0 Å². The number of hydrogen-bond donors (Lipinski definition) is 2. The van der Waals surface area contributed by atoms with Gasteiger partial charge in [-0.1, -0.05) is 26.7 Å². The zero-order chi connectivity index (χ0) is 14.7. The number of hydrogen-bond acceptors (Lipinski definition) is 3. The summed E-state index contributed by atoms with van der Waals surface area (Å²) in [6.07, 6.45) is 6.25. The second-order valence-corrected chi connectivity index (χ2v) is 8.76. The first-order valence-electron chi connectivity index (χ1n) is 7.31. The van der Waals surface area contributed by atoms with Gasteiger partial charge in [-0.2, -0.15) is 0 Å². The Balaban J connectivity index is 2.43. The van der Waals surface area contributed by atoms with Crippen LogP contribution < -0.4 is 10.0 Å². The number of rotatable bonds is 6. The van der Waals surface area contributed by atoms with Crippen molar-refractivity contribution >= 4 is 10.0 Å². The summed E-state index contributed by atoms with van der Waals surface area (Å²) >= 11 is 0. The van der Waals surface area contributed by atoms with Crippen molar-refractivity contribution in [3.8, 4) is 0 Å². The van der Waals surface area contributed by atoms with Gasteiger partial charge in [0, 0.05) is 18.1 Å². The fourth-order valence-electron chi connectivity index (χ4n) is 2.96. The second kappa shape index (κ2) is 6.55. The molecular formula is C14H30N2O2S. The van der Waals surface area contributed by atoms with E-state index in [2.05, 4.69) is 23.9 Å². The van der Waals surface area contributed by atoms with E-state index in [1.54, 1.807) is 0 Å². The molecule has 2 atom stereocenters. The Hall–Kier alpha value is -0.130. The van der Waals surface area contributed by atoms with Crippen LogP contribution in [0.3, 0.4) is 0 Å². The maximum atomic E-state index is 11.3. The highest BCUT2D eigenvalue weighted by molar-refractivity contribution is 7.88. The molecule has 2 unspecified atom stereocenters. The van der Waals surface area contributed by atoms with Crippen molar-refractivity contribution in [2.24, 2.45) is 11.8 Å². The Morgan fingerprint density at radius 1 is 1.26 bits per heavy atom. The fraction of sp³-hybridized carbons (Fsp3) is 1.00. The standard InChI is InChI=1S/C14H30N2O2S/c1-11(2)12-7-6-8-13(9-12)15-10-14(3,4)16-19(5,17)18/h11-13,15-16H,6-10H2,1-5H3. The van der Waals surface area contributed by atoms with E-state index in [-0.39, 0.29) is 0 Å². The molecule has 19 heavy (non-hydrogen) atoms. The first kappa shape index (κ1) is 16.9. The third-order valence-corrected chi connectivity index (χ3v) is 4.88. The topological polar surface area (TPSA) is 58.2 Å². The molecule has 4 nitrogen and oxygen atoms in total. The quantitative estimate of drug-likeness (QED) is 0.788. The van der Waals surface area contributed by atoms with E-state index in [0.717, 1.165) is 11.8 Å². The zero-order valence-corrected chi connectivity index (χ0v) is 13.8. The van der Waals surface area contributed by atoms with Gasteiger partial charge in [0.05, 0.1) is 6.26 Å². The summed E-state index contributed by atoms with van der Waals surface area (Å²) in [6.45, 7) is 9.10. The molecule has 0 saturated heterocycles. The van der Waals surface area contributed by atoms with Gasteiger partial charge in [0.25, 0.3) is 0 Å². The molecule has 1 fully saturated rings. The molecule has 2 N–H and O–H groups in total. The predicted molar refractivity (Wildman–Crippen MR) is 80.6 cm³/mol. The van der Waals surface area contributed by atoms with Gasteiger partial charge in [0.15, 0.2) is 0 Å². The van der Waals surface area contributed by atoms with E-state index >= 15 is 0 Å². The third kappa shape index (κ3) is 6.72. The van der Waals surface area contributed by atoms with Gasteiger partial charge in [-0.3, -0.25) is 0 Å². The molecule has 114 valence electrons. The maximum Gasteiger partial charge on any atom is 0.209 e. The third-order valence-electron chi connectivity index (χ3n) is 3.95. The Kier molecular flexibility index (Phi) is 5.83. The minimum absolute atomic E-state index is 0.432. The molecule has 1 rings (SSSR count). The summed E-state index contributed by atoms with van der Waals surface area (Å²) in [5.41, 5.74) is -0.432. The van der Waals surface area contributed by atoms with Crippen LogP contribution in [-0.4, -0.2) is 32.8 Å². The highest BCUT2D eigenvalue weighted by atomic mass is 32.2. The van der Waals surface area contributed by atoms with Crippen molar-refractivity contribution in [1.29, 1.82) is 0 Å². The summed E-state index contributed by atoms with van der Waals surface area (Å²) in [5, 5.41) is 3.54. The van der Waals surface area contributed by atoms with Crippen LogP contribution in [0.2, 0.25) is 0 Å². The Bertz CT molecular complexity index is 377. The van der Waals surface area contributed by atoms with Crippen LogP contribution in [-0.2, 0) is 10.0 Å². The van der Waals surface area contributed by atoms with Gasteiger partial charge in [-0.05, 0) is 38.5 Å². The SMILES string of the molecule is CC(C)C1CCCC(NCC(C)(C)NS(C)(=O)=O)C1. The molecule has 0 amide bonds. The molecule has 1 saturated carbocycles. The lowest BCUT2D eigenvalue weighted by Gasteiger charge is -2.34. The van der Waals surface area contributed by atoms with Gasteiger partial charge in [-0.25, -0.2) is 13.1 Å². The van der Waals surface area contributed by atoms with E-state index in [0.29, 0.717) is 12.6 Å². The highest BCUT2D eigenvalue weighted by Gasteiger charge is 2.27. The molecule has 0 heterocycles. The van der Waals surface area contributed by atoms with E-state index < -0.39 is 15.6 Å². The monoisotopic (exact) mass is 290 g/mol. The van der Waals surface area contributed by atoms with E-state index in [1.165, 1.54) is 31.9 Å². The van der Waals surface area contributed by atoms with Gasteiger partial charge in [0.2, 0.25) is 10.0 Å². The molecule has 0 radical (unpaired) electrons. The first-order valence-corrected chi connectivity index (χ1v) is 9.20. The minimum atomic E-state index is -3.15. The number of sulfonamides is 1. The molecular weight excluding hydrogens is 260 g/mol. The van der Waals surface area contributed by atoms with Gasteiger partial charge in [0.1, 0.15) is 0 Å². The van der Waals surface area contributed by atoms with Crippen molar-refractivity contribution in [2.75, 3.05) is 12.8 Å². The summed E-state index contributed by atoms with van der Waals surface area (Å²) in [4.78, 5) is 0. The lowest BCUT2D eigenvalue weighted by Crippen LogP contribution is -2.52. The van der Waals surface area contributed by atoms with Crippen molar-refractivity contribution in [1.82, 2.24) is 10.0 Å². The average molecular weight is 290 g/mol. The van der Waals surface area contributed by atoms with Crippen LogP contribution in [0, 0.1) is 11.8 Å². The van der Waals surface area contributed by atoms with Crippen LogP contribution in [0.15, 0.2) is 0 Å². The van der Waals surface area contributed by atoms with Crippen LogP contribution >= 0.6 is 0 Å². The molecule has 0 aromatic heterocycles.